The van der Waals surface area contributed by atoms with E-state index in [0.29, 0.717) is 11.3 Å². The molecule has 82 valence electrons. The molecule has 0 amide bonds. The van der Waals surface area contributed by atoms with Gasteiger partial charge in [-0.1, -0.05) is 0 Å². The van der Waals surface area contributed by atoms with Crippen LogP contribution in [0, 0.1) is 13.8 Å². The summed E-state index contributed by atoms with van der Waals surface area (Å²) < 4.78 is 1.40. The van der Waals surface area contributed by atoms with E-state index >= 15 is 0 Å². The maximum absolute atomic E-state index is 12.1. The third-order valence-corrected chi connectivity index (χ3v) is 2.36. The van der Waals surface area contributed by atoms with E-state index in [1.165, 1.54) is 4.68 Å². The molecular formula is C12H13N3O. The van der Waals surface area contributed by atoms with E-state index in [-0.39, 0.29) is 5.91 Å². The van der Waals surface area contributed by atoms with Crippen LogP contribution in [0.15, 0.2) is 30.3 Å². The zero-order valence-electron chi connectivity index (χ0n) is 9.27. The zero-order valence-corrected chi connectivity index (χ0v) is 9.27. The van der Waals surface area contributed by atoms with Crippen LogP contribution in [-0.2, 0) is 0 Å². The van der Waals surface area contributed by atoms with Crippen molar-refractivity contribution in [1.29, 1.82) is 0 Å². The van der Waals surface area contributed by atoms with E-state index in [4.69, 9.17) is 5.73 Å². The predicted octanol–water partition coefficient (Wildman–Crippen LogP) is 1.77. The van der Waals surface area contributed by atoms with Gasteiger partial charge in [-0.3, -0.25) is 4.79 Å². The number of hydrogen-bond donors (Lipinski definition) is 1. The number of nitrogens with zero attached hydrogens (tertiary/aromatic N) is 2. The lowest BCUT2D eigenvalue weighted by Crippen LogP contribution is -2.15. The van der Waals surface area contributed by atoms with Crippen molar-refractivity contribution < 1.29 is 4.79 Å². The average Bonchev–Trinajstić information content (AvgIpc) is 2.58. The molecule has 4 heteroatoms. The predicted molar refractivity (Wildman–Crippen MR) is 62.3 cm³/mol. The molecule has 0 fully saturated rings. The van der Waals surface area contributed by atoms with E-state index in [1.54, 1.807) is 24.3 Å². The summed E-state index contributed by atoms with van der Waals surface area (Å²) in [7, 11) is 0. The number of carbonyl (C=O) groups is 1. The monoisotopic (exact) mass is 215 g/mol. The van der Waals surface area contributed by atoms with Crippen LogP contribution in [0.2, 0.25) is 0 Å². The summed E-state index contributed by atoms with van der Waals surface area (Å²) in [4.78, 5) is 12.1. The fraction of sp³-hybridized carbons (Fsp3) is 0.167. The van der Waals surface area contributed by atoms with Crippen molar-refractivity contribution in [2.75, 3.05) is 5.73 Å². The number of nitrogens with two attached hydrogens (primary N) is 1. The lowest BCUT2D eigenvalue weighted by molar-refractivity contribution is 0.0942. The Morgan fingerprint density at radius 3 is 2.38 bits per heavy atom. The summed E-state index contributed by atoms with van der Waals surface area (Å²) in [5.74, 6) is -0.134. The van der Waals surface area contributed by atoms with Crippen LogP contribution < -0.4 is 5.73 Å². The number of nitrogen functional groups attached to an aromatic ring is 1. The van der Waals surface area contributed by atoms with Gasteiger partial charge in [-0.25, -0.2) is 4.68 Å². The normalized spacial score (nSPS) is 10.4. The molecule has 2 aromatic rings. The van der Waals surface area contributed by atoms with Crippen LogP contribution in [0.1, 0.15) is 21.7 Å². The molecule has 0 spiro atoms. The van der Waals surface area contributed by atoms with Crippen molar-refractivity contribution in [2.45, 2.75) is 13.8 Å². The van der Waals surface area contributed by atoms with Gasteiger partial charge >= 0.3 is 0 Å². The van der Waals surface area contributed by atoms with Gasteiger partial charge in [-0.15, -0.1) is 0 Å². The molecule has 0 unspecified atom stereocenters. The van der Waals surface area contributed by atoms with Crippen molar-refractivity contribution >= 4 is 11.6 Å². The van der Waals surface area contributed by atoms with Crippen LogP contribution in [-0.4, -0.2) is 15.7 Å². The first kappa shape index (κ1) is 10.4. The number of aryl methyl sites for hydroxylation is 2. The van der Waals surface area contributed by atoms with E-state index in [0.717, 1.165) is 11.4 Å². The SMILES string of the molecule is Cc1cc(C)n(C(=O)c2ccc(N)cc2)n1. The maximum atomic E-state index is 12.1. The Morgan fingerprint density at radius 1 is 1.25 bits per heavy atom. The zero-order chi connectivity index (χ0) is 11.7. The molecule has 16 heavy (non-hydrogen) atoms. The van der Waals surface area contributed by atoms with Crippen molar-refractivity contribution in [3.05, 3.63) is 47.3 Å². The lowest BCUT2D eigenvalue weighted by atomic mass is 10.2. The van der Waals surface area contributed by atoms with Crippen molar-refractivity contribution in [1.82, 2.24) is 9.78 Å². The molecule has 0 atom stereocenters. The molecule has 1 aromatic heterocycles. The van der Waals surface area contributed by atoms with Gasteiger partial charge in [0.25, 0.3) is 5.91 Å². The highest BCUT2D eigenvalue weighted by molar-refractivity contribution is 5.96. The molecule has 0 aliphatic rings. The van der Waals surface area contributed by atoms with E-state index in [9.17, 15) is 4.79 Å². The number of rotatable bonds is 1. The minimum atomic E-state index is -0.134. The minimum absolute atomic E-state index is 0.134. The fourth-order valence-electron chi connectivity index (χ4n) is 1.58. The third-order valence-electron chi connectivity index (χ3n) is 2.36. The molecular weight excluding hydrogens is 202 g/mol. The maximum Gasteiger partial charge on any atom is 0.278 e. The molecule has 0 aliphatic carbocycles. The van der Waals surface area contributed by atoms with Gasteiger partial charge in [0.2, 0.25) is 0 Å². The van der Waals surface area contributed by atoms with Crippen molar-refractivity contribution in [3.8, 4) is 0 Å². The van der Waals surface area contributed by atoms with Gasteiger partial charge in [0.05, 0.1) is 5.69 Å². The summed E-state index contributed by atoms with van der Waals surface area (Å²) in [5, 5.41) is 4.14. The molecule has 0 aliphatic heterocycles. The summed E-state index contributed by atoms with van der Waals surface area (Å²) in [6.07, 6.45) is 0. The standard InChI is InChI=1S/C12H13N3O/c1-8-7-9(2)15(14-8)12(16)10-3-5-11(13)6-4-10/h3-7H,13H2,1-2H3. The van der Waals surface area contributed by atoms with E-state index in [2.05, 4.69) is 5.10 Å². The first-order valence-corrected chi connectivity index (χ1v) is 5.01. The van der Waals surface area contributed by atoms with Gasteiger partial charge in [0.15, 0.2) is 0 Å². The van der Waals surface area contributed by atoms with E-state index < -0.39 is 0 Å². The van der Waals surface area contributed by atoms with Crippen LogP contribution in [0.25, 0.3) is 0 Å². The second-order valence-electron chi connectivity index (χ2n) is 3.77. The van der Waals surface area contributed by atoms with Crippen molar-refractivity contribution in [3.63, 3.8) is 0 Å². The Balaban J connectivity index is 2.39. The van der Waals surface area contributed by atoms with Gasteiger partial charge in [0.1, 0.15) is 0 Å². The highest BCUT2D eigenvalue weighted by atomic mass is 16.2. The molecule has 0 bridgehead atoms. The average molecular weight is 215 g/mol. The molecule has 0 saturated heterocycles. The second-order valence-corrected chi connectivity index (χ2v) is 3.77. The van der Waals surface area contributed by atoms with Crippen LogP contribution in [0.5, 0.6) is 0 Å². The molecule has 0 saturated carbocycles. The first-order chi connectivity index (χ1) is 7.58. The summed E-state index contributed by atoms with van der Waals surface area (Å²) in [6, 6.07) is 8.69. The number of anilines is 1. The highest BCUT2D eigenvalue weighted by Crippen LogP contribution is 2.09. The number of carbonyl (C=O) groups excluding carboxylic acids is 1. The lowest BCUT2D eigenvalue weighted by Gasteiger charge is -2.03. The number of benzene rings is 1. The molecule has 4 nitrogen and oxygen atoms in total. The van der Waals surface area contributed by atoms with Crippen molar-refractivity contribution in [2.24, 2.45) is 0 Å². The first-order valence-electron chi connectivity index (χ1n) is 5.01. The summed E-state index contributed by atoms with van der Waals surface area (Å²) in [5.41, 5.74) is 8.46. The van der Waals surface area contributed by atoms with Gasteiger partial charge in [-0.2, -0.15) is 5.10 Å². The quantitative estimate of drug-likeness (QED) is 0.737. The number of hydrogen-bond acceptors (Lipinski definition) is 3. The second kappa shape index (κ2) is 3.81. The Labute approximate surface area is 93.7 Å². The van der Waals surface area contributed by atoms with Gasteiger partial charge in [-0.05, 0) is 44.2 Å². The van der Waals surface area contributed by atoms with Crippen LogP contribution in [0.4, 0.5) is 5.69 Å². The Morgan fingerprint density at radius 2 is 1.88 bits per heavy atom. The molecule has 2 N–H and O–H groups in total. The third kappa shape index (κ3) is 1.82. The Bertz CT molecular complexity index is 526. The molecule has 1 aromatic carbocycles. The number of aromatic nitrogens is 2. The minimum Gasteiger partial charge on any atom is -0.399 e. The Hall–Kier alpha value is -2.10. The van der Waals surface area contributed by atoms with Gasteiger partial charge < -0.3 is 5.73 Å². The van der Waals surface area contributed by atoms with Crippen LogP contribution in [0.3, 0.4) is 0 Å². The van der Waals surface area contributed by atoms with E-state index in [1.807, 2.05) is 19.9 Å². The summed E-state index contributed by atoms with van der Waals surface area (Å²) >= 11 is 0. The van der Waals surface area contributed by atoms with Gasteiger partial charge in [0, 0.05) is 16.9 Å². The largest absolute Gasteiger partial charge is 0.399 e. The Kier molecular flexibility index (Phi) is 2.48. The molecule has 2 rings (SSSR count). The highest BCUT2D eigenvalue weighted by Gasteiger charge is 2.11. The topological polar surface area (TPSA) is 60.9 Å². The summed E-state index contributed by atoms with van der Waals surface area (Å²) in [6.45, 7) is 3.72. The molecule has 0 radical (unpaired) electrons. The smallest absolute Gasteiger partial charge is 0.278 e. The molecule has 1 heterocycles. The fourth-order valence-corrected chi connectivity index (χ4v) is 1.58. The van der Waals surface area contributed by atoms with Crippen LogP contribution >= 0.6 is 0 Å².